The Bertz CT molecular complexity index is 721. The minimum atomic E-state index is -0.499. The maximum Gasteiger partial charge on any atom is 0.339 e. The topological polar surface area (TPSA) is 69.4 Å². The van der Waals surface area contributed by atoms with Crippen molar-refractivity contribution in [1.29, 1.82) is 0 Å². The molecule has 0 fully saturated rings. The van der Waals surface area contributed by atoms with Crippen LogP contribution in [0, 0.1) is 10.1 Å². The van der Waals surface area contributed by atoms with Crippen molar-refractivity contribution in [3.05, 3.63) is 74.8 Å². The molecule has 0 aliphatic carbocycles. The molecule has 0 N–H and O–H groups in total. The molecule has 0 saturated carbocycles. The highest BCUT2D eigenvalue weighted by molar-refractivity contribution is 6.30. The van der Waals surface area contributed by atoms with Gasteiger partial charge in [-0.25, -0.2) is 4.79 Å². The van der Waals surface area contributed by atoms with Crippen molar-refractivity contribution >= 4 is 29.3 Å². The first-order valence-electron chi connectivity index (χ1n) is 6.36. The van der Waals surface area contributed by atoms with Crippen molar-refractivity contribution < 1.29 is 14.5 Å². The Kier molecular flexibility index (Phi) is 4.91. The fourth-order valence-corrected chi connectivity index (χ4v) is 1.82. The third-order valence-corrected chi connectivity index (χ3v) is 3.09. The Labute approximate surface area is 131 Å². The molecule has 0 bridgehead atoms. The second-order valence-corrected chi connectivity index (χ2v) is 4.96. The fraction of sp³-hybridized carbons (Fsp3) is 0.0625. The molecule has 0 aromatic heterocycles. The minimum Gasteiger partial charge on any atom is -0.423 e. The first-order valence-corrected chi connectivity index (χ1v) is 6.74. The van der Waals surface area contributed by atoms with E-state index in [1.54, 1.807) is 49.4 Å². The smallest absolute Gasteiger partial charge is 0.339 e. The molecule has 0 heterocycles. The highest BCUT2D eigenvalue weighted by atomic mass is 35.5. The van der Waals surface area contributed by atoms with E-state index in [0.717, 1.165) is 0 Å². The van der Waals surface area contributed by atoms with Gasteiger partial charge in [0.2, 0.25) is 0 Å². The number of non-ortho nitro benzene ring substituents is 1. The highest BCUT2D eigenvalue weighted by Crippen LogP contribution is 2.18. The Hall–Kier alpha value is -2.66. The van der Waals surface area contributed by atoms with Gasteiger partial charge in [-0.1, -0.05) is 11.6 Å². The lowest BCUT2D eigenvalue weighted by Crippen LogP contribution is -2.08. The summed E-state index contributed by atoms with van der Waals surface area (Å²) in [6.45, 7) is 1.61. The number of ether oxygens (including phenoxy) is 1. The maximum atomic E-state index is 11.9. The number of nitrogens with zero attached hydrogens (tertiary/aromatic N) is 1. The van der Waals surface area contributed by atoms with Crippen LogP contribution in [0.15, 0.2) is 54.1 Å². The van der Waals surface area contributed by atoms with Gasteiger partial charge in [0.25, 0.3) is 5.69 Å². The predicted octanol–water partition coefficient (Wildman–Crippen LogP) is 4.26. The van der Waals surface area contributed by atoms with Crippen molar-refractivity contribution in [2.24, 2.45) is 0 Å². The molecule has 2 aromatic carbocycles. The van der Waals surface area contributed by atoms with Gasteiger partial charge in [-0.15, -0.1) is 0 Å². The van der Waals surface area contributed by atoms with Crippen molar-refractivity contribution in [2.75, 3.05) is 0 Å². The average molecular weight is 318 g/mol. The van der Waals surface area contributed by atoms with Crippen molar-refractivity contribution in [3.8, 4) is 5.75 Å². The monoisotopic (exact) mass is 317 g/mol. The number of halogens is 1. The van der Waals surface area contributed by atoms with Crippen molar-refractivity contribution in [1.82, 2.24) is 0 Å². The van der Waals surface area contributed by atoms with Crippen LogP contribution >= 0.6 is 11.6 Å². The highest BCUT2D eigenvalue weighted by Gasteiger charge is 2.08. The van der Waals surface area contributed by atoms with E-state index in [1.807, 2.05) is 0 Å². The summed E-state index contributed by atoms with van der Waals surface area (Å²) in [6, 6.07) is 12.3. The van der Waals surface area contributed by atoms with Crippen LogP contribution in [0.4, 0.5) is 5.69 Å². The second kappa shape index (κ2) is 6.87. The molecule has 0 aliphatic heterocycles. The third kappa shape index (κ3) is 4.17. The zero-order valence-corrected chi connectivity index (χ0v) is 12.4. The quantitative estimate of drug-likeness (QED) is 0.278. The molecule has 6 heteroatoms. The number of benzene rings is 2. The van der Waals surface area contributed by atoms with Gasteiger partial charge < -0.3 is 4.74 Å². The Balaban J connectivity index is 2.08. The average Bonchev–Trinajstić information content (AvgIpc) is 2.50. The molecule has 2 rings (SSSR count). The number of nitro benzene ring substituents is 1. The normalized spacial score (nSPS) is 11.1. The number of esters is 1. The SMILES string of the molecule is C/C(=C\c1ccc([N+](=O)[O-])cc1)C(=O)Oc1ccc(Cl)cc1. The molecule has 0 radical (unpaired) electrons. The zero-order valence-electron chi connectivity index (χ0n) is 11.7. The number of nitro groups is 1. The lowest BCUT2D eigenvalue weighted by molar-refractivity contribution is -0.384. The number of hydrogen-bond donors (Lipinski definition) is 0. The maximum absolute atomic E-state index is 11.9. The largest absolute Gasteiger partial charge is 0.423 e. The molecular formula is C16H12ClNO4. The first-order chi connectivity index (χ1) is 10.5. The van der Waals surface area contributed by atoms with Gasteiger partial charge in [-0.2, -0.15) is 0 Å². The standard InChI is InChI=1S/C16H12ClNO4/c1-11(10-12-2-6-14(7-3-12)18(20)21)16(19)22-15-8-4-13(17)5-9-15/h2-10H,1H3/b11-10+. The molecular weight excluding hydrogens is 306 g/mol. The summed E-state index contributed by atoms with van der Waals surface area (Å²) in [5, 5.41) is 11.1. The number of carbonyl (C=O) groups excluding carboxylic acids is 1. The molecule has 0 amide bonds. The van der Waals surface area contributed by atoms with Gasteiger partial charge in [-0.05, 0) is 55.0 Å². The first kappa shape index (κ1) is 15.7. The van der Waals surface area contributed by atoms with E-state index < -0.39 is 10.9 Å². The van der Waals surface area contributed by atoms with Crippen LogP contribution in [-0.4, -0.2) is 10.9 Å². The van der Waals surface area contributed by atoms with Crippen LogP contribution in [-0.2, 0) is 4.79 Å². The van der Waals surface area contributed by atoms with Gasteiger partial charge in [0.15, 0.2) is 0 Å². The molecule has 0 spiro atoms. The Morgan fingerprint density at radius 3 is 2.27 bits per heavy atom. The number of carbonyl (C=O) groups is 1. The van der Waals surface area contributed by atoms with Gasteiger partial charge in [0.1, 0.15) is 5.75 Å². The molecule has 2 aromatic rings. The van der Waals surface area contributed by atoms with Gasteiger partial charge in [0, 0.05) is 22.7 Å². The predicted molar refractivity (Wildman–Crippen MR) is 83.8 cm³/mol. The third-order valence-electron chi connectivity index (χ3n) is 2.83. The van der Waals surface area contributed by atoms with E-state index in [-0.39, 0.29) is 5.69 Å². The van der Waals surface area contributed by atoms with Crippen LogP contribution in [0.3, 0.4) is 0 Å². The summed E-state index contributed by atoms with van der Waals surface area (Å²) in [5.74, 6) is -0.105. The molecule has 0 saturated heterocycles. The summed E-state index contributed by atoms with van der Waals surface area (Å²) < 4.78 is 5.19. The van der Waals surface area contributed by atoms with E-state index in [9.17, 15) is 14.9 Å². The van der Waals surface area contributed by atoms with Gasteiger partial charge in [0.05, 0.1) is 4.92 Å². The van der Waals surface area contributed by atoms with Gasteiger partial charge in [-0.3, -0.25) is 10.1 Å². The van der Waals surface area contributed by atoms with E-state index >= 15 is 0 Å². The summed E-state index contributed by atoms with van der Waals surface area (Å²) in [5.41, 5.74) is 1.05. The van der Waals surface area contributed by atoms with Crippen LogP contribution in [0.5, 0.6) is 5.75 Å². The summed E-state index contributed by atoms with van der Waals surface area (Å²) in [7, 11) is 0. The van der Waals surface area contributed by atoms with Crippen LogP contribution in [0.2, 0.25) is 5.02 Å². The number of hydrogen-bond acceptors (Lipinski definition) is 4. The lowest BCUT2D eigenvalue weighted by Gasteiger charge is -2.04. The molecule has 5 nitrogen and oxygen atoms in total. The summed E-state index contributed by atoms with van der Waals surface area (Å²) >= 11 is 5.75. The zero-order chi connectivity index (χ0) is 16.1. The molecule has 22 heavy (non-hydrogen) atoms. The van der Waals surface area contributed by atoms with Crippen molar-refractivity contribution in [3.63, 3.8) is 0 Å². The second-order valence-electron chi connectivity index (χ2n) is 4.52. The van der Waals surface area contributed by atoms with Gasteiger partial charge >= 0.3 is 5.97 Å². The van der Waals surface area contributed by atoms with E-state index in [2.05, 4.69) is 0 Å². The molecule has 0 unspecified atom stereocenters. The Morgan fingerprint density at radius 2 is 1.73 bits per heavy atom. The van der Waals surface area contributed by atoms with E-state index in [1.165, 1.54) is 12.1 Å². The Morgan fingerprint density at radius 1 is 1.14 bits per heavy atom. The summed E-state index contributed by atoms with van der Waals surface area (Å²) in [6.07, 6.45) is 1.60. The molecule has 0 aliphatic rings. The van der Waals surface area contributed by atoms with E-state index in [4.69, 9.17) is 16.3 Å². The van der Waals surface area contributed by atoms with Crippen LogP contribution in [0.1, 0.15) is 12.5 Å². The fourth-order valence-electron chi connectivity index (χ4n) is 1.69. The van der Waals surface area contributed by atoms with E-state index in [0.29, 0.717) is 21.9 Å². The van der Waals surface area contributed by atoms with Crippen LogP contribution < -0.4 is 4.74 Å². The molecule has 0 atom stereocenters. The number of rotatable bonds is 4. The summed E-state index contributed by atoms with van der Waals surface area (Å²) in [4.78, 5) is 22.0. The van der Waals surface area contributed by atoms with Crippen LogP contribution in [0.25, 0.3) is 6.08 Å². The van der Waals surface area contributed by atoms with Crippen molar-refractivity contribution in [2.45, 2.75) is 6.92 Å². The lowest BCUT2D eigenvalue weighted by atomic mass is 10.1. The molecule has 112 valence electrons. The minimum absolute atomic E-state index is 0.00135.